The molecule has 3 N–H and O–H groups in total. The zero-order chi connectivity index (χ0) is 34.3. The molecule has 5 rings (SSSR count). The Balaban J connectivity index is 1.44. The van der Waals surface area contributed by atoms with Crippen LogP contribution in [-0.2, 0) is 19.6 Å². The number of rotatable bonds is 11. The number of nitrogens with zero attached hydrogens (tertiary/aromatic N) is 6. The van der Waals surface area contributed by atoms with Crippen LogP contribution in [0, 0.1) is 5.92 Å². The summed E-state index contributed by atoms with van der Waals surface area (Å²) < 4.78 is 32.9. The Morgan fingerprint density at radius 2 is 1.98 bits per heavy atom. The van der Waals surface area contributed by atoms with Crippen molar-refractivity contribution in [3.8, 4) is 16.8 Å². The number of amides is 2. The first-order chi connectivity index (χ1) is 23.1. The van der Waals surface area contributed by atoms with E-state index in [2.05, 4.69) is 41.1 Å². The van der Waals surface area contributed by atoms with Crippen LogP contribution in [0.3, 0.4) is 0 Å². The van der Waals surface area contributed by atoms with Crippen molar-refractivity contribution in [3.05, 3.63) is 87.6 Å². The molecule has 1 aliphatic heterocycles. The molecule has 3 heterocycles. The van der Waals surface area contributed by atoms with Crippen LogP contribution in [0.2, 0.25) is 5.02 Å². The number of carbonyl (C=O) groups is 2. The van der Waals surface area contributed by atoms with E-state index in [0.29, 0.717) is 64.7 Å². The number of H-pyrrole nitrogens is 1. The van der Waals surface area contributed by atoms with E-state index >= 15 is 0 Å². The van der Waals surface area contributed by atoms with Gasteiger partial charge in [0.25, 0.3) is 5.56 Å². The quantitative estimate of drug-likeness (QED) is 0.195. The summed E-state index contributed by atoms with van der Waals surface area (Å²) >= 11 is 6.23. The molecule has 0 aliphatic carbocycles. The molecule has 0 saturated carbocycles. The topological polar surface area (TPSA) is 194 Å². The third-order valence-corrected chi connectivity index (χ3v) is 10.0. The average Bonchev–Trinajstić information content (AvgIpc) is 3.63. The Bertz CT molecular complexity index is 1950. The van der Waals surface area contributed by atoms with Gasteiger partial charge in [-0.25, -0.2) is 22.6 Å². The number of sulfonamides is 1. The third kappa shape index (κ3) is 8.50. The fraction of sp³-hybridized carbons (Fsp3) is 0.323. The number of aromatic nitrogens is 6. The van der Waals surface area contributed by atoms with Gasteiger partial charge < -0.3 is 10.1 Å². The molecule has 1 aliphatic rings. The summed E-state index contributed by atoms with van der Waals surface area (Å²) in [5, 5.41) is 24.1. The second kappa shape index (κ2) is 15.3. The van der Waals surface area contributed by atoms with Crippen LogP contribution in [0.25, 0.3) is 22.9 Å². The van der Waals surface area contributed by atoms with E-state index < -0.39 is 33.6 Å². The molecule has 2 amide bonds. The largest absolute Gasteiger partial charge is 0.453 e. The number of tetrazole rings is 1. The Hall–Kier alpha value is -4.93. The molecule has 2 aromatic heterocycles. The molecule has 1 fully saturated rings. The molecular weight excluding hydrogens is 662 g/mol. The Morgan fingerprint density at radius 3 is 2.69 bits per heavy atom. The molecule has 0 bridgehead atoms. The minimum absolute atomic E-state index is 0.000394. The molecule has 2 atom stereocenters. The van der Waals surface area contributed by atoms with Crippen LogP contribution in [0.4, 0.5) is 10.5 Å². The van der Waals surface area contributed by atoms with Crippen molar-refractivity contribution >= 4 is 45.4 Å². The first-order valence-corrected chi connectivity index (χ1v) is 17.1. The summed E-state index contributed by atoms with van der Waals surface area (Å²) in [4.78, 5) is 37.9. The lowest BCUT2D eigenvalue weighted by Crippen LogP contribution is -2.42. The number of anilines is 1. The van der Waals surface area contributed by atoms with E-state index in [0.717, 1.165) is 6.42 Å². The number of nitrogens with one attached hydrogen (secondary N) is 3. The lowest BCUT2D eigenvalue weighted by Gasteiger charge is -2.33. The number of hydrogen-bond acceptors (Lipinski definition) is 10. The van der Waals surface area contributed by atoms with Crippen molar-refractivity contribution in [2.45, 2.75) is 32.2 Å². The first-order valence-electron chi connectivity index (χ1n) is 15.1. The van der Waals surface area contributed by atoms with Crippen LogP contribution < -0.4 is 16.2 Å². The predicted octanol–water partition coefficient (Wildman–Crippen LogP) is 3.57. The van der Waals surface area contributed by atoms with E-state index in [4.69, 9.17) is 11.6 Å². The monoisotopic (exact) mass is 695 g/mol. The first kappa shape index (κ1) is 34.4. The fourth-order valence-electron chi connectivity index (χ4n) is 5.48. The number of halogens is 1. The van der Waals surface area contributed by atoms with Crippen molar-refractivity contribution in [2.75, 3.05) is 31.3 Å². The Morgan fingerprint density at radius 1 is 1.19 bits per heavy atom. The highest BCUT2D eigenvalue weighted by Crippen LogP contribution is 2.30. The molecule has 4 aromatic rings. The molecule has 1 unspecified atom stereocenters. The van der Waals surface area contributed by atoms with Gasteiger partial charge in [0.15, 0.2) is 0 Å². The highest BCUT2D eigenvalue weighted by molar-refractivity contribution is 7.89. The van der Waals surface area contributed by atoms with Crippen LogP contribution in [0.5, 0.6) is 0 Å². The molecule has 1 saturated heterocycles. The van der Waals surface area contributed by atoms with Crippen LogP contribution in [-0.4, -0.2) is 81.1 Å². The van der Waals surface area contributed by atoms with Gasteiger partial charge in [0.2, 0.25) is 15.9 Å². The summed E-state index contributed by atoms with van der Waals surface area (Å²) in [6, 6.07) is 12.6. The molecular formula is C31H34ClN9O6S. The maximum absolute atomic E-state index is 13.4. The zero-order valence-electron chi connectivity index (χ0n) is 26.2. The van der Waals surface area contributed by atoms with E-state index in [9.17, 15) is 22.8 Å². The molecule has 15 nitrogen and oxygen atoms in total. The van der Waals surface area contributed by atoms with E-state index in [1.165, 1.54) is 28.5 Å². The lowest BCUT2D eigenvalue weighted by molar-refractivity contribution is -0.117. The molecule has 0 radical (unpaired) electrons. The number of ether oxygens (including phenoxy) is 1. The highest BCUT2D eigenvalue weighted by Gasteiger charge is 2.30. The number of hydrogen-bond donors (Lipinski definition) is 3. The molecule has 17 heteroatoms. The van der Waals surface area contributed by atoms with Crippen molar-refractivity contribution in [3.63, 3.8) is 0 Å². The van der Waals surface area contributed by atoms with Gasteiger partial charge in [0.05, 0.1) is 35.8 Å². The summed E-state index contributed by atoms with van der Waals surface area (Å²) in [6.07, 6.45) is 5.52. The SMILES string of the molecule is CCS(=O)(=O)N1CCCC(C[C@H](NC(=O)C=Cc2cc(Cl)ccc2-n2cnnn2)c2cc(-c3ccc(NC(=O)OC)cc3)c(=O)[nH]n2)C1. The van der Waals surface area contributed by atoms with Gasteiger partial charge in [-0.05, 0) is 90.6 Å². The molecule has 252 valence electrons. The molecule has 0 spiro atoms. The number of benzene rings is 2. The maximum Gasteiger partial charge on any atom is 0.411 e. The summed E-state index contributed by atoms with van der Waals surface area (Å²) in [7, 11) is -2.14. The van der Waals surface area contributed by atoms with Crippen LogP contribution in [0.1, 0.15) is 43.5 Å². The Kier molecular flexibility index (Phi) is 11.0. The van der Waals surface area contributed by atoms with Crippen molar-refractivity contribution in [2.24, 2.45) is 5.92 Å². The van der Waals surface area contributed by atoms with Crippen molar-refractivity contribution in [1.29, 1.82) is 0 Å². The van der Waals surface area contributed by atoms with Gasteiger partial charge in [-0.1, -0.05) is 23.7 Å². The zero-order valence-corrected chi connectivity index (χ0v) is 27.7. The lowest BCUT2D eigenvalue weighted by atomic mass is 9.90. The van der Waals surface area contributed by atoms with Crippen molar-refractivity contribution < 1.29 is 22.7 Å². The van der Waals surface area contributed by atoms with E-state index in [1.54, 1.807) is 61.5 Å². The van der Waals surface area contributed by atoms with Crippen LogP contribution in [0.15, 0.2) is 65.7 Å². The van der Waals surface area contributed by atoms with Gasteiger partial charge in [-0.3, -0.25) is 14.9 Å². The summed E-state index contributed by atoms with van der Waals surface area (Å²) in [6.45, 7) is 2.36. The minimum atomic E-state index is -3.39. The third-order valence-electron chi connectivity index (χ3n) is 7.93. The highest BCUT2D eigenvalue weighted by atomic mass is 35.5. The predicted molar refractivity (Wildman–Crippen MR) is 179 cm³/mol. The van der Waals surface area contributed by atoms with Gasteiger partial charge in [0, 0.05) is 35.4 Å². The van der Waals surface area contributed by atoms with E-state index in [-0.39, 0.29) is 11.7 Å². The fourth-order valence-corrected chi connectivity index (χ4v) is 6.87. The summed E-state index contributed by atoms with van der Waals surface area (Å²) in [5.41, 5.74) is 2.44. The average molecular weight is 696 g/mol. The number of piperidine rings is 1. The number of carbonyl (C=O) groups excluding carboxylic acids is 2. The minimum Gasteiger partial charge on any atom is -0.453 e. The summed E-state index contributed by atoms with van der Waals surface area (Å²) in [5.74, 6) is -0.543. The van der Waals surface area contributed by atoms with Gasteiger partial charge >= 0.3 is 6.09 Å². The standard InChI is InChI=1S/C31H34ClN9O6S/c1-3-48(45,46)40-14-4-5-20(18-40)15-26(35-29(42)13-8-22-16-23(32)9-12-28(22)41-19-33-38-39-41)27-17-25(30(43)37-36-27)21-6-10-24(11-7-21)34-31(44)47-2/h6-13,16-17,19-20,26H,3-5,14-15,18H2,1-2H3,(H,34,44)(H,35,42)(H,37,43)/t20?,26-/m0/s1. The van der Waals surface area contributed by atoms with Crippen molar-refractivity contribution in [1.82, 2.24) is 40.0 Å². The second-order valence-corrected chi connectivity index (χ2v) is 13.8. The number of methoxy groups -OCH3 is 1. The van der Waals surface area contributed by atoms with Crippen LogP contribution >= 0.6 is 11.6 Å². The smallest absolute Gasteiger partial charge is 0.411 e. The molecule has 2 aromatic carbocycles. The van der Waals surface area contributed by atoms with E-state index in [1.807, 2.05) is 0 Å². The number of aromatic amines is 1. The Labute approximate surface area is 281 Å². The normalized spacial score (nSPS) is 16.0. The molecule has 48 heavy (non-hydrogen) atoms. The van der Waals surface area contributed by atoms with Gasteiger partial charge in [-0.15, -0.1) is 5.10 Å². The maximum atomic E-state index is 13.4. The second-order valence-electron chi connectivity index (χ2n) is 11.1. The van der Waals surface area contributed by atoms with Gasteiger partial charge in [-0.2, -0.15) is 9.78 Å². The van der Waals surface area contributed by atoms with Gasteiger partial charge in [0.1, 0.15) is 6.33 Å².